The van der Waals surface area contributed by atoms with Crippen molar-refractivity contribution in [3.63, 3.8) is 0 Å². The van der Waals surface area contributed by atoms with E-state index in [9.17, 15) is 14.7 Å². The molecule has 0 aliphatic rings. The van der Waals surface area contributed by atoms with Crippen LogP contribution in [-0.4, -0.2) is 46.9 Å². The Morgan fingerprint density at radius 3 is 2.26 bits per heavy atom. The van der Waals surface area contributed by atoms with Gasteiger partial charge in [-0.3, -0.25) is 4.84 Å². The molecule has 2 aromatic rings. The van der Waals surface area contributed by atoms with Gasteiger partial charge in [0.05, 0.1) is 13.2 Å². The van der Waals surface area contributed by atoms with E-state index >= 15 is 0 Å². The van der Waals surface area contributed by atoms with Crippen LogP contribution >= 0.6 is 11.6 Å². The fourth-order valence-corrected chi connectivity index (χ4v) is 3.70. The van der Waals surface area contributed by atoms with Gasteiger partial charge in [0.2, 0.25) is 0 Å². The monoisotopic (exact) mass is 491 g/mol. The molecule has 1 N–H and O–H groups in total. The van der Waals surface area contributed by atoms with E-state index in [1.807, 2.05) is 30.3 Å². The van der Waals surface area contributed by atoms with E-state index < -0.39 is 17.6 Å². The lowest BCUT2D eigenvalue weighted by molar-refractivity contribution is -0.215. The molecule has 8 heteroatoms. The average molecular weight is 492 g/mol. The number of carbonyl (C=O) groups is 2. The van der Waals surface area contributed by atoms with Gasteiger partial charge in [-0.15, -0.1) is 11.6 Å². The quantitative estimate of drug-likeness (QED) is 0.160. The third-order valence-electron chi connectivity index (χ3n) is 5.43. The molecule has 0 aromatic heterocycles. The first-order valence-electron chi connectivity index (χ1n) is 11.6. The topological polar surface area (TPSA) is 85.3 Å². The molecule has 0 aliphatic heterocycles. The maximum Gasteiger partial charge on any atom is 0.435 e. The molecule has 0 heterocycles. The highest BCUT2D eigenvalue weighted by molar-refractivity contribution is 6.17. The molecule has 1 atom stereocenters. The van der Waals surface area contributed by atoms with Crippen molar-refractivity contribution in [2.24, 2.45) is 0 Å². The van der Waals surface area contributed by atoms with Gasteiger partial charge in [0, 0.05) is 12.3 Å². The van der Waals surface area contributed by atoms with E-state index in [0.29, 0.717) is 12.3 Å². The van der Waals surface area contributed by atoms with Crippen molar-refractivity contribution in [2.45, 2.75) is 58.1 Å². The largest absolute Gasteiger partial charge is 0.508 e. The lowest BCUT2D eigenvalue weighted by Gasteiger charge is -2.39. The van der Waals surface area contributed by atoms with Crippen LogP contribution in [0.25, 0.3) is 0 Å². The Labute approximate surface area is 206 Å². The van der Waals surface area contributed by atoms with E-state index in [-0.39, 0.29) is 38.4 Å². The summed E-state index contributed by atoms with van der Waals surface area (Å²) >= 11 is 5.76. The number of hydroxylamine groups is 2. The standard InChI is InChI=1S/C26H34ClNO6/c1-3-26(24(30)32-4-2,19-21-13-15-23(29)16-14-21)28(34-18-10-6-9-17-27)25(31)33-20-22-11-7-5-8-12-22/h5,7-8,11-16,29H,3-4,6,9-10,17-20H2,1-2H3/t26-/m0/s1. The minimum atomic E-state index is -1.45. The molecule has 0 saturated heterocycles. The van der Waals surface area contributed by atoms with E-state index in [1.165, 1.54) is 12.1 Å². The van der Waals surface area contributed by atoms with Crippen molar-refractivity contribution in [3.8, 4) is 5.75 Å². The zero-order chi connectivity index (χ0) is 24.8. The smallest absolute Gasteiger partial charge is 0.435 e. The van der Waals surface area contributed by atoms with Crippen LogP contribution in [0.15, 0.2) is 54.6 Å². The summed E-state index contributed by atoms with van der Waals surface area (Å²) in [6.07, 6.45) is 1.91. The first-order valence-corrected chi connectivity index (χ1v) is 12.1. The highest BCUT2D eigenvalue weighted by Gasteiger charge is 2.49. The molecule has 0 aliphatic carbocycles. The van der Waals surface area contributed by atoms with E-state index in [4.69, 9.17) is 25.9 Å². The van der Waals surface area contributed by atoms with E-state index in [0.717, 1.165) is 29.0 Å². The number of phenolic OH excluding ortho intramolecular Hbond substituents is 1. The number of alkyl halides is 1. The summed E-state index contributed by atoms with van der Waals surface area (Å²) in [6.45, 7) is 3.91. The van der Waals surface area contributed by atoms with Gasteiger partial charge in [-0.25, -0.2) is 9.59 Å². The minimum absolute atomic E-state index is 0.0353. The molecular formula is C26H34ClNO6. The number of nitrogens with zero attached hydrogens (tertiary/aromatic N) is 1. The van der Waals surface area contributed by atoms with Crippen LogP contribution in [0.1, 0.15) is 50.7 Å². The predicted octanol–water partition coefficient (Wildman–Crippen LogP) is 5.63. The molecule has 0 radical (unpaired) electrons. The highest BCUT2D eigenvalue weighted by Crippen LogP contribution is 2.30. The SMILES string of the molecule is CCOC(=O)[C@](CC)(Cc1ccc(O)cc1)N(OCCCCCCl)C(=O)OCc1ccccc1. The minimum Gasteiger partial charge on any atom is -0.508 e. The molecule has 0 bridgehead atoms. The maximum atomic E-state index is 13.3. The van der Waals surface area contributed by atoms with Crippen LogP contribution in [0.3, 0.4) is 0 Å². The Morgan fingerprint density at radius 2 is 1.65 bits per heavy atom. The molecule has 2 rings (SSSR count). The van der Waals surface area contributed by atoms with Crippen LogP contribution < -0.4 is 0 Å². The lowest BCUT2D eigenvalue weighted by Crippen LogP contribution is -2.59. The number of aromatic hydroxyl groups is 1. The number of halogens is 1. The maximum absolute atomic E-state index is 13.3. The Hall–Kier alpha value is -2.77. The molecule has 34 heavy (non-hydrogen) atoms. The molecule has 0 saturated carbocycles. The summed E-state index contributed by atoms with van der Waals surface area (Å²) in [5.41, 5.74) is 0.0988. The summed E-state index contributed by atoms with van der Waals surface area (Å²) in [5.74, 6) is 0.0745. The Kier molecular flexibility index (Phi) is 11.7. The van der Waals surface area contributed by atoms with Gasteiger partial charge in [-0.2, -0.15) is 5.06 Å². The second-order valence-corrected chi connectivity index (χ2v) is 8.24. The van der Waals surface area contributed by atoms with Crippen LogP contribution in [0.2, 0.25) is 0 Å². The predicted molar refractivity (Wildman–Crippen MR) is 130 cm³/mol. The first kappa shape index (κ1) is 27.5. The number of amides is 1. The molecule has 186 valence electrons. The van der Waals surface area contributed by atoms with Crippen molar-refractivity contribution in [3.05, 3.63) is 65.7 Å². The van der Waals surface area contributed by atoms with Gasteiger partial charge in [-0.1, -0.05) is 49.4 Å². The molecule has 0 fully saturated rings. The van der Waals surface area contributed by atoms with Crippen molar-refractivity contribution >= 4 is 23.7 Å². The van der Waals surface area contributed by atoms with Gasteiger partial charge in [-0.05, 0) is 55.9 Å². The summed E-state index contributed by atoms with van der Waals surface area (Å²) in [4.78, 5) is 32.5. The van der Waals surface area contributed by atoms with Gasteiger partial charge in [0.1, 0.15) is 12.4 Å². The Bertz CT molecular complexity index is 877. The first-order chi connectivity index (χ1) is 16.5. The third kappa shape index (κ3) is 7.92. The zero-order valence-corrected chi connectivity index (χ0v) is 20.6. The molecular weight excluding hydrogens is 458 g/mol. The Morgan fingerprint density at radius 1 is 0.941 bits per heavy atom. The fourth-order valence-electron chi connectivity index (χ4n) is 3.51. The van der Waals surface area contributed by atoms with Crippen LogP contribution in [0, 0.1) is 0 Å². The van der Waals surface area contributed by atoms with E-state index in [1.54, 1.807) is 26.0 Å². The van der Waals surface area contributed by atoms with Gasteiger partial charge in [0.15, 0.2) is 5.54 Å². The van der Waals surface area contributed by atoms with Gasteiger partial charge < -0.3 is 14.6 Å². The molecule has 0 spiro atoms. The summed E-state index contributed by atoms with van der Waals surface area (Å²) in [6, 6.07) is 15.8. The third-order valence-corrected chi connectivity index (χ3v) is 5.70. The van der Waals surface area contributed by atoms with Crippen molar-refractivity contribution in [2.75, 3.05) is 19.1 Å². The number of hydrogen-bond donors (Lipinski definition) is 1. The number of benzene rings is 2. The van der Waals surface area contributed by atoms with Crippen LogP contribution in [0.5, 0.6) is 5.75 Å². The van der Waals surface area contributed by atoms with Crippen molar-refractivity contribution in [1.29, 1.82) is 0 Å². The summed E-state index contributed by atoms with van der Waals surface area (Å²) in [5, 5.41) is 10.7. The van der Waals surface area contributed by atoms with Crippen LogP contribution in [0.4, 0.5) is 4.79 Å². The number of ether oxygens (including phenoxy) is 2. The zero-order valence-electron chi connectivity index (χ0n) is 19.9. The molecule has 2 aromatic carbocycles. The van der Waals surface area contributed by atoms with Gasteiger partial charge >= 0.3 is 12.1 Å². The highest BCUT2D eigenvalue weighted by atomic mass is 35.5. The number of rotatable bonds is 14. The lowest BCUT2D eigenvalue weighted by atomic mass is 9.87. The second-order valence-electron chi connectivity index (χ2n) is 7.87. The number of unbranched alkanes of at least 4 members (excludes halogenated alkanes) is 2. The van der Waals surface area contributed by atoms with Crippen molar-refractivity contribution in [1.82, 2.24) is 5.06 Å². The number of phenols is 1. The Balaban J connectivity index is 2.34. The van der Waals surface area contributed by atoms with E-state index in [2.05, 4.69) is 0 Å². The second kappa shape index (κ2) is 14.5. The van der Waals surface area contributed by atoms with Crippen molar-refractivity contribution < 1.29 is 29.0 Å². The number of carbonyl (C=O) groups excluding carboxylic acids is 2. The van der Waals surface area contributed by atoms with Crippen LogP contribution in [-0.2, 0) is 32.1 Å². The average Bonchev–Trinajstić information content (AvgIpc) is 2.85. The number of esters is 1. The summed E-state index contributed by atoms with van der Waals surface area (Å²) < 4.78 is 11.0. The number of hydrogen-bond acceptors (Lipinski definition) is 6. The summed E-state index contributed by atoms with van der Waals surface area (Å²) in [7, 11) is 0. The normalized spacial score (nSPS) is 12.6. The fraction of sp³-hybridized carbons (Fsp3) is 0.462. The molecule has 0 unspecified atom stereocenters. The molecule has 7 nitrogen and oxygen atoms in total. The molecule has 1 amide bonds. The van der Waals surface area contributed by atoms with Gasteiger partial charge in [0.25, 0.3) is 0 Å².